The molecular formula is C17H19ClN2O2. The van der Waals surface area contributed by atoms with Crippen molar-refractivity contribution in [2.24, 2.45) is 0 Å². The first-order chi connectivity index (χ1) is 10.3. The maximum absolute atomic E-state index is 12.2. The van der Waals surface area contributed by atoms with Crippen LogP contribution in [-0.4, -0.2) is 16.9 Å². The summed E-state index contributed by atoms with van der Waals surface area (Å²) in [5.74, 6) is 0.790. The van der Waals surface area contributed by atoms with E-state index in [0.29, 0.717) is 12.1 Å². The van der Waals surface area contributed by atoms with Crippen LogP contribution in [0.3, 0.4) is 0 Å². The Morgan fingerprint density at radius 1 is 1.41 bits per heavy atom. The Balaban J connectivity index is 2.51. The fraction of sp³-hybridized carbons (Fsp3) is 0.294. The third-order valence-corrected chi connectivity index (χ3v) is 4.00. The monoisotopic (exact) mass is 318 g/mol. The van der Waals surface area contributed by atoms with Crippen LogP contribution in [0.15, 0.2) is 29.6 Å². The second-order valence-corrected chi connectivity index (χ2v) is 5.67. The number of nitrogens with zero attached hydrogens (tertiary/aromatic N) is 2. The maximum Gasteiger partial charge on any atom is 0.267 e. The number of hydrogen-bond acceptors (Lipinski definition) is 3. The minimum atomic E-state index is -0.205. The zero-order valence-electron chi connectivity index (χ0n) is 13.2. The summed E-state index contributed by atoms with van der Waals surface area (Å²) in [7, 11) is 1.63. The number of ether oxygens (including phenoxy) is 1. The molecule has 0 amide bonds. The Labute approximate surface area is 135 Å². The molecule has 0 saturated carbocycles. The second-order valence-electron chi connectivity index (χ2n) is 5.31. The van der Waals surface area contributed by atoms with Gasteiger partial charge in [-0.2, -0.15) is 5.10 Å². The van der Waals surface area contributed by atoms with E-state index in [1.54, 1.807) is 14.0 Å². The molecule has 0 radical (unpaired) electrons. The first kappa shape index (κ1) is 16.3. The minimum Gasteiger partial charge on any atom is -0.496 e. The summed E-state index contributed by atoms with van der Waals surface area (Å²) >= 11 is 6.14. The van der Waals surface area contributed by atoms with Crippen LogP contribution in [-0.2, 0) is 6.54 Å². The number of hydrogen-bond donors (Lipinski definition) is 0. The number of allylic oxidation sites excluding steroid dienone is 1. The predicted octanol–water partition coefficient (Wildman–Crippen LogP) is 3.60. The highest BCUT2D eigenvalue weighted by Crippen LogP contribution is 2.25. The SMILES string of the molecule is C=C(C)c1cc(=O)n(Cc2c(C)ccc(OC)c2C)nc1Cl. The minimum absolute atomic E-state index is 0.205. The number of aromatic nitrogens is 2. The molecular weight excluding hydrogens is 300 g/mol. The van der Waals surface area contributed by atoms with Gasteiger partial charge in [0.05, 0.1) is 13.7 Å². The first-order valence-corrected chi connectivity index (χ1v) is 7.29. The average molecular weight is 319 g/mol. The molecule has 0 N–H and O–H groups in total. The fourth-order valence-electron chi connectivity index (χ4n) is 2.36. The molecule has 2 aromatic rings. The molecule has 0 bridgehead atoms. The van der Waals surface area contributed by atoms with E-state index in [-0.39, 0.29) is 10.7 Å². The molecule has 0 spiro atoms. The van der Waals surface area contributed by atoms with Gasteiger partial charge in [-0.1, -0.05) is 24.2 Å². The van der Waals surface area contributed by atoms with Gasteiger partial charge in [-0.15, -0.1) is 0 Å². The van der Waals surface area contributed by atoms with Crippen molar-refractivity contribution in [2.75, 3.05) is 7.11 Å². The maximum atomic E-state index is 12.2. The van der Waals surface area contributed by atoms with Gasteiger partial charge in [-0.25, -0.2) is 4.68 Å². The van der Waals surface area contributed by atoms with Crippen molar-refractivity contribution in [1.29, 1.82) is 0 Å². The molecule has 0 aliphatic rings. The van der Waals surface area contributed by atoms with Crippen molar-refractivity contribution in [2.45, 2.75) is 27.3 Å². The third kappa shape index (κ3) is 3.07. The van der Waals surface area contributed by atoms with Crippen LogP contribution in [0.1, 0.15) is 29.2 Å². The Hall–Kier alpha value is -2.07. The molecule has 2 rings (SSSR count). The lowest BCUT2D eigenvalue weighted by atomic mass is 10.0. The summed E-state index contributed by atoms with van der Waals surface area (Å²) in [6, 6.07) is 5.36. The van der Waals surface area contributed by atoms with Gasteiger partial charge in [0.1, 0.15) is 5.75 Å². The Morgan fingerprint density at radius 2 is 2.09 bits per heavy atom. The van der Waals surface area contributed by atoms with E-state index in [9.17, 15) is 4.79 Å². The van der Waals surface area contributed by atoms with Gasteiger partial charge in [-0.3, -0.25) is 4.79 Å². The average Bonchev–Trinajstić information content (AvgIpc) is 2.46. The molecule has 1 heterocycles. The van der Waals surface area contributed by atoms with E-state index < -0.39 is 0 Å². The summed E-state index contributed by atoms with van der Waals surface area (Å²) in [5.41, 5.74) is 4.18. The van der Waals surface area contributed by atoms with Gasteiger partial charge < -0.3 is 4.74 Å². The molecule has 0 unspecified atom stereocenters. The summed E-state index contributed by atoms with van der Waals surface area (Å²) in [6.07, 6.45) is 0. The number of rotatable bonds is 4. The zero-order chi connectivity index (χ0) is 16.4. The highest BCUT2D eigenvalue weighted by atomic mass is 35.5. The quantitative estimate of drug-likeness (QED) is 0.865. The predicted molar refractivity (Wildman–Crippen MR) is 89.8 cm³/mol. The van der Waals surface area contributed by atoms with E-state index in [1.807, 2.05) is 26.0 Å². The van der Waals surface area contributed by atoms with Crippen molar-refractivity contribution >= 4 is 17.2 Å². The Morgan fingerprint density at radius 3 is 2.68 bits per heavy atom. The van der Waals surface area contributed by atoms with Crippen molar-refractivity contribution < 1.29 is 4.74 Å². The van der Waals surface area contributed by atoms with Gasteiger partial charge in [0, 0.05) is 11.6 Å². The molecule has 1 aromatic heterocycles. The highest BCUT2D eigenvalue weighted by Gasteiger charge is 2.12. The summed E-state index contributed by atoms with van der Waals surface area (Å²) in [5, 5.41) is 4.48. The topological polar surface area (TPSA) is 44.1 Å². The van der Waals surface area contributed by atoms with Crippen LogP contribution >= 0.6 is 11.6 Å². The standard InChI is InChI=1S/C17H19ClN2O2/c1-10(2)13-8-16(21)20(19-17(13)18)9-14-11(3)6-7-15(22-5)12(14)4/h6-8H,1,9H2,2-5H3. The Bertz CT molecular complexity index is 794. The van der Waals surface area contributed by atoms with E-state index in [0.717, 1.165) is 28.0 Å². The normalized spacial score (nSPS) is 10.6. The second kappa shape index (κ2) is 6.36. The Kier molecular flexibility index (Phi) is 4.71. The van der Waals surface area contributed by atoms with Crippen LogP contribution in [0, 0.1) is 13.8 Å². The molecule has 22 heavy (non-hydrogen) atoms. The van der Waals surface area contributed by atoms with E-state index in [2.05, 4.69) is 11.7 Å². The van der Waals surface area contributed by atoms with Gasteiger partial charge >= 0.3 is 0 Å². The van der Waals surface area contributed by atoms with Gasteiger partial charge in [0.25, 0.3) is 5.56 Å². The molecule has 0 aliphatic heterocycles. The molecule has 0 saturated heterocycles. The van der Waals surface area contributed by atoms with Crippen LogP contribution in [0.25, 0.3) is 5.57 Å². The number of aryl methyl sites for hydroxylation is 1. The lowest BCUT2D eigenvalue weighted by Crippen LogP contribution is -2.24. The van der Waals surface area contributed by atoms with Gasteiger partial charge in [0.15, 0.2) is 5.15 Å². The van der Waals surface area contributed by atoms with Crippen molar-refractivity contribution in [3.05, 3.63) is 62.5 Å². The molecule has 0 aliphatic carbocycles. The molecule has 0 fully saturated rings. The smallest absolute Gasteiger partial charge is 0.267 e. The molecule has 116 valence electrons. The van der Waals surface area contributed by atoms with Crippen LogP contribution < -0.4 is 10.3 Å². The third-order valence-electron chi connectivity index (χ3n) is 3.72. The summed E-state index contributed by atoms with van der Waals surface area (Å²) in [4.78, 5) is 12.2. The zero-order valence-corrected chi connectivity index (χ0v) is 14.0. The molecule has 1 aromatic carbocycles. The largest absolute Gasteiger partial charge is 0.496 e. The molecule has 5 heteroatoms. The van der Waals surface area contributed by atoms with E-state index in [1.165, 1.54) is 10.7 Å². The van der Waals surface area contributed by atoms with Gasteiger partial charge in [-0.05, 0) is 49.1 Å². The lowest BCUT2D eigenvalue weighted by Gasteiger charge is -2.15. The lowest BCUT2D eigenvalue weighted by molar-refractivity contribution is 0.410. The first-order valence-electron chi connectivity index (χ1n) is 6.91. The number of methoxy groups -OCH3 is 1. The number of halogens is 1. The molecule has 0 atom stereocenters. The summed E-state index contributed by atoms with van der Waals surface area (Å²) in [6.45, 7) is 9.91. The van der Waals surface area contributed by atoms with E-state index in [4.69, 9.17) is 16.3 Å². The van der Waals surface area contributed by atoms with Crippen molar-refractivity contribution in [3.8, 4) is 5.75 Å². The van der Waals surface area contributed by atoms with Crippen molar-refractivity contribution in [3.63, 3.8) is 0 Å². The van der Waals surface area contributed by atoms with Crippen LogP contribution in [0.2, 0.25) is 5.15 Å². The van der Waals surface area contributed by atoms with Crippen molar-refractivity contribution in [1.82, 2.24) is 9.78 Å². The van der Waals surface area contributed by atoms with Gasteiger partial charge in [0.2, 0.25) is 0 Å². The van der Waals surface area contributed by atoms with Crippen LogP contribution in [0.4, 0.5) is 0 Å². The fourth-order valence-corrected chi connectivity index (χ4v) is 2.67. The summed E-state index contributed by atoms with van der Waals surface area (Å²) < 4.78 is 6.70. The number of benzene rings is 1. The molecule has 4 nitrogen and oxygen atoms in total. The van der Waals surface area contributed by atoms with Crippen LogP contribution in [0.5, 0.6) is 5.75 Å². The van der Waals surface area contributed by atoms with E-state index >= 15 is 0 Å². The highest BCUT2D eigenvalue weighted by molar-refractivity contribution is 6.31.